The number of nitrogens with one attached hydrogen (secondary N) is 2. The predicted molar refractivity (Wildman–Crippen MR) is 126 cm³/mol. The summed E-state index contributed by atoms with van der Waals surface area (Å²) >= 11 is 2.92. The Balaban J connectivity index is 1.38. The van der Waals surface area contributed by atoms with Gasteiger partial charge in [0.2, 0.25) is 11.8 Å². The van der Waals surface area contributed by atoms with Gasteiger partial charge in [0, 0.05) is 12.1 Å². The van der Waals surface area contributed by atoms with Crippen LogP contribution in [0.1, 0.15) is 45.4 Å². The Morgan fingerprint density at radius 2 is 1.74 bits per heavy atom. The highest BCUT2D eigenvalue weighted by molar-refractivity contribution is 8.01. The first-order chi connectivity index (χ1) is 15.0. The third kappa shape index (κ3) is 4.27. The zero-order valence-corrected chi connectivity index (χ0v) is 19.5. The monoisotopic (exact) mass is 455 g/mol. The molecule has 1 aromatic heterocycles. The maximum Gasteiger partial charge on any atom is 0.231 e. The van der Waals surface area contributed by atoms with Crippen LogP contribution in [-0.2, 0) is 9.59 Å². The van der Waals surface area contributed by atoms with E-state index in [-0.39, 0.29) is 17.2 Å². The molecule has 4 aliphatic carbocycles. The third-order valence-electron chi connectivity index (χ3n) is 7.10. The maximum absolute atomic E-state index is 13.6. The van der Waals surface area contributed by atoms with Gasteiger partial charge >= 0.3 is 0 Å². The summed E-state index contributed by atoms with van der Waals surface area (Å²) in [4.78, 5) is 30.3. The minimum absolute atomic E-state index is 0.00288. The van der Waals surface area contributed by atoms with Crippen LogP contribution in [0.4, 0.5) is 5.00 Å². The molecule has 4 saturated carbocycles. The Morgan fingerprint density at radius 1 is 1.10 bits per heavy atom. The number of thioether (sulfide) groups is 1. The lowest BCUT2D eigenvalue weighted by Gasteiger charge is -2.55. The molecule has 2 amide bonds. The van der Waals surface area contributed by atoms with Crippen molar-refractivity contribution in [2.75, 3.05) is 17.6 Å². The van der Waals surface area contributed by atoms with E-state index in [1.807, 2.05) is 37.3 Å². The molecule has 31 heavy (non-hydrogen) atoms. The molecule has 1 aromatic carbocycles. The van der Waals surface area contributed by atoms with Crippen LogP contribution in [0.5, 0.6) is 0 Å². The van der Waals surface area contributed by atoms with Crippen molar-refractivity contribution in [2.24, 2.45) is 23.2 Å². The fraction of sp³-hybridized carbons (Fsp3) is 0.542. The van der Waals surface area contributed by atoms with Crippen molar-refractivity contribution in [3.63, 3.8) is 0 Å². The number of carbonyl (C=O) groups is 2. The van der Waals surface area contributed by atoms with Crippen LogP contribution in [0.15, 0.2) is 34.7 Å². The molecule has 164 valence electrons. The van der Waals surface area contributed by atoms with Gasteiger partial charge in [0.25, 0.3) is 0 Å². The number of thiazole rings is 1. The Bertz CT molecular complexity index is 937. The number of rotatable bonds is 7. The molecule has 0 spiro atoms. The summed E-state index contributed by atoms with van der Waals surface area (Å²) in [7, 11) is 0. The van der Waals surface area contributed by atoms with E-state index >= 15 is 0 Å². The van der Waals surface area contributed by atoms with E-state index in [2.05, 4.69) is 10.6 Å². The first-order valence-corrected chi connectivity index (χ1v) is 13.1. The van der Waals surface area contributed by atoms with Crippen LogP contribution in [0.3, 0.4) is 0 Å². The van der Waals surface area contributed by atoms with Crippen molar-refractivity contribution >= 4 is 39.9 Å². The van der Waals surface area contributed by atoms with Gasteiger partial charge < -0.3 is 10.6 Å². The second-order valence-corrected chi connectivity index (χ2v) is 11.6. The Labute approximate surface area is 191 Å². The molecule has 6 rings (SSSR count). The van der Waals surface area contributed by atoms with E-state index in [0.717, 1.165) is 57.6 Å². The molecule has 5 nitrogen and oxygen atoms in total. The second-order valence-electron chi connectivity index (χ2n) is 9.42. The summed E-state index contributed by atoms with van der Waals surface area (Å²) < 4.78 is 0.811. The van der Waals surface area contributed by atoms with Gasteiger partial charge in [0.05, 0.1) is 11.2 Å². The van der Waals surface area contributed by atoms with Gasteiger partial charge in [0.15, 0.2) is 4.34 Å². The van der Waals surface area contributed by atoms with E-state index in [1.54, 1.807) is 0 Å². The lowest BCUT2D eigenvalue weighted by Crippen LogP contribution is -2.51. The Hall–Kier alpha value is -1.86. The number of amides is 2. The van der Waals surface area contributed by atoms with Crippen LogP contribution in [-0.4, -0.2) is 29.1 Å². The number of hydrogen-bond donors (Lipinski definition) is 2. The number of carbonyl (C=O) groups excluding carboxylic acids is 2. The highest BCUT2D eigenvalue weighted by atomic mass is 32.2. The molecule has 0 unspecified atom stereocenters. The Morgan fingerprint density at radius 3 is 2.35 bits per heavy atom. The summed E-state index contributed by atoms with van der Waals surface area (Å²) in [5.41, 5.74) is 1.60. The van der Waals surface area contributed by atoms with Crippen LogP contribution < -0.4 is 10.6 Å². The summed E-state index contributed by atoms with van der Waals surface area (Å²) in [5.74, 6) is 2.72. The standard InChI is InChI=1S/C24H29N3O2S2/c1-2-25-19(28)14-30-23-26-20(18-6-4-3-5-7-18)21(31-23)27-22(29)24-11-15-8-16(12-24)10-17(9-15)13-24/h3-7,15-17H,2,8-14H2,1H3,(H,25,28)(H,27,29). The van der Waals surface area contributed by atoms with Crippen molar-refractivity contribution in [1.82, 2.24) is 10.3 Å². The van der Waals surface area contributed by atoms with Crippen LogP contribution >= 0.6 is 23.1 Å². The van der Waals surface area contributed by atoms with Gasteiger partial charge in [-0.2, -0.15) is 0 Å². The SMILES string of the molecule is CCNC(=O)CSc1nc(-c2ccccc2)c(NC(=O)C23CC4CC(CC(C4)C2)C3)s1. The molecule has 0 saturated heterocycles. The minimum Gasteiger partial charge on any atom is -0.356 e. The van der Waals surface area contributed by atoms with Crippen molar-refractivity contribution in [3.05, 3.63) is 30.3 Å². The Kier molecular flexibility index (Phi) is 5.82. The van der Waals surface area contributed by atoms with Crippen molar-refractivity contribution < 1.29 is 9.59 Å². The highest BCUT2D eigenvalue weighted by Gasteiger charge is 2.54. The fourth-order valence-electron chi connectivity index (χ4n) is 6.24. The van der Waals surface area contributed by atoms with Gasteiger partial charge in [-0.25, -0.2) is 4.98 Å². The van der Waals surface area contributed by atoms with Crippen molar-refractivity contribution in [3.8, 4) is 11.3 Å². The van der Waals surface area contributed by atoms with E-state index < -0.39 is 0 Å². The number of nitrogens with zero attached hydrogens (tertiary/aromatic N) is 1. The molecule has 7 heteroatoms. The first kappa shape index (κ1) is 21.0. The first-order valence-electron chi connectivity index (χ1n) is 11.3. The zero-order chi connectivity index (χ0) is 21.4. The summed E-state index contributed by atoms with van der Waals surface area (Å²) in [6, 6.07) is 10.00. The lowest BCUT2D eigenvalue weighted by atomic mass is 9.49. The van der Waals surface area contributed by atoms with Gasteiger partial charge in [-0.3, -0.25) is 9.59 Å². The number of anilines is 1. The molecule has 0 atom stereocenters. The summed E-state index contributed by atoms with van der Waals surface area (Å²) in [6.07, 6.45) is 7.10. The molecule has 0 aliphatic heterocycles. The largest absolute Gasteiger partial charge is 0.356 e. The van der Waals surface area contributed by atoms with Gasteiger partial charge in [-0.05, 0) is 63.2 Å². The molecule has 4 fully saturated rings. The molecular weight excluding hydrogens is 426 g/mol. The van der Waals surface area contributed by atoms with Crippen LogP contribution in [0.25, 0.3) is 11.3 Å². The molecular formula is C24H29N3O2S2. The van der Waals surface area contributed by atoms with Gasteiger partial charge in [0.1, 0.15) is 10.7 Å². The van der Waals surface area contributed by atoms with Gasteiger partial charge in [-0.15, -0.1) is 0 Å². The molecule has 2 N–H and O–H groups in total. The van der Waals surface area contributed by atoms with E-state index in [1.165, 1.54) is 42.4 Å². The van der Waals surface area contributed by atoms with Crippen molar-refractivity contribution in [2.45, 2.75) is 49.8 Å². The normalized spacial score (nSPS) is 28.5. The minimum atomic E-state index is -0.193. The average molecular weight is 456 g/mol. The van der Waals surface area contributed by atoms with E-state index in [0.29, 0.717) is 12.3 Å². The highest BCUT2D eigenvalue weighted by Crippen LogP contribution is 2.60. The summed E-state index contributed by atoms with van der Waals surface area (Å²) in [5, 5.41) is 6.94. The van der Waals surface area contributed by atoms with Gasteiger partial charge in [-0.1, -0.05) is 53.4 Å². The lowest BCUT2D eigenvalue weighted by molar-refractivity contribution is -0.140. The molecule has 2 aromatic rings. The van der Waals surface area contributed by atoms with Crippen LogP contribution in [0, 0.1) is 23.2 Å². The molecule has 0 radical (unpaired) electrons. The van der Waals surface area contributed by atoms with Crippen LogP contribution in [0.2, 0.25) is 0 Å². The second kappa shape index (κ2) is 8.58. The molecule has 4 bridgehead atoms. The topological polar surface area (TPSA) is 71.1 Å². The van der Waals surface area contributed by atoms with E-state index in [9.17, 15) is 9.59 Å². The summed E-state index contributed by atoms with van der Waals surface area (Å²) in [6.45, 7) is 2.54. The quantitative estimate of drug-likeness (QED) is 0.564. The molecule has 4 aliphatic rings. The zero-order valence-electron chi connectivity index (χ0n) is 17.9. The predicted octanol–water partition coefficient (Wildman–Crippen LogP) is 5.19. The average Bonchev–Trinajstić information content (AvgIpc) is 3.15. The van der Waals surface area contributed by atoms with E-state index in [4.69, 9.17) is 4.98 Å². The maximum atomic E-state index is 13.6. The number of hydrogen-bond acceptors (Lipinski definition) is 5. The third-order valence-corrected chi connectivity index (χ3v) is 9.22. The smallest absolute Gasteiger partial charge is 0.231 e. The number of benzene rings is 1. The molecule has 1 heterocycles. The van der Waals surface area contributed by atoms with Crippen molar-refractivity contribution in [1.29, 1.82) is 0 Å². The number of aromatic nitrogens is 1. The fourth-order valence-corrected chi connectivity index (χ4v) is 8.13.